The van der Waals surface area contributed by atoms with Gasteiger partial charge in [0.05, 0.1) is 0 Å². The average molecular weight is 375 g/mol. The number of ether oxygens (including phenoxy) is 2. The Morgan fingerprint density at radius 1 is 1.04 bits per heavy atom. The number of esters is 2. The Kier molecular flexibility index (Phi) is 4.67. The van der Waals surface area contributed by atoms with Gasteiger partial charge in [-0.25, -0.2) is 0 Å². The molecule has 0 N–H and O–H groups in total. The fourth-order valence-electron chi connectivity index (χ4n) is 7.35. The lowest BCUT2D eigenvalue weighted by Crippen LogP contribution is -2.56. The molecule has 4 nitrogen and oxygen atoms in total. The number of fused-ring (bicyclic) bond motifs is 5. The molecule has 0 amide bonds. The zero-order chi connectivity index (χ0) is 19.4. The summed E-state index contributed by atoms with van der Waals surface area (Å²) in [5, 5.41) is 0. The van der Waals surface area contributed by atoms with Crippen LogP contribution in [0.4, 0.5) is 0 Å². The lowest BCUT2D eigenvalue weighted by atomic mass is 9.47. The second-order valence-electron chi connectivity index (χ2n) is 9.98. The van der Waals surface area contributed by atoms with Crippen molar-refractivity contribution in [2.75, 3.05) is 0 Å². The molecule has 3 saturated carbocycles. The highest BCUT2D eigenvalue weighted by molar-refractivity contribution is 5.67. The van der Waals surface area contributed by atoms with Gasteiger partial charge < -0.3 is 9.47 Å². The van der Waals surface area contributed by atoms with E-state index in [1.165, 1.54) is 51.5 Å². The molecule has 7 atom stereocenters. The van der Waals surface area contributed by atoms with Crippen molar-refractivity contribution < 1.29 is 19.1 Å². The molecule has 0 aromatic carbocycles. The van der Waals surface area contributed by atoms with E-state index in [4.69, 9.17) is 9.47 Å². The van der Waals surface area contributed by atoms with Gasteiger partial charge in [-0.1, -0.05) is 31.9 Å². The molecule has 0 aromatic rings. The Morgan fingerprint density at radius 2 is 1.78 bits per heavy atom. The van der Waals surface area contributed by atoms with Crippen molar-refractivity contribution in [3.63, 3.8) is 0 Å². The zero-order valence-electron chi connectivity index (χ0n) is 17.3. The number of rotatable bonds is 2. The minimum Gasteiger partial charge on any atom is -0.462 e. The molecule has 0 aliphatic heterocycles. The van der Waals surface area contributed by atoms with E-state index in [0.717, 1.165) is 18.8 Å². The zero-order valence-corrected chi connectivity index (χ0v) is 17.3. The summed E-state index contributed by atoms with van der Waals surface area (Å²) >= 11 is 0. The maximum absolute atomic E-state index is 11.9. The second-order valence-corrected chi connectivity index (χ2v) is 9.98. The molecular formula is C23H34O4. The summed E-state index contributed by atoms with van der Waals surface area (Å²) in [5.74, 6) is 1.58. The van der Waals surface area contributed by atoms with Crippen LogP contribution < -0.4 is 0 Å². The molecule has 27 heavy (non-hydrogen) atoms. The summed E-state index contributed by atoms with van der Waals surface area (Å²) < 4.78 is 11.4. The van der Waals surface area contributed by atoms with Gasteiger partial charge in [-0.05, 0) is 55.3 Å². The molecule has 4 aliphatic rings. The molecule has 0 bridgehead atoms. The highest BCUT2D eigenvalue weighted by Crippen LogP contribution is 2.65. The second kappa shape index (κ2) is 6.63. The molecule has 0 radical (unpaired) electrons. The van der Waals surface area contributed by atoms with E-state index in [9.17, 15) is 9.59 Å². The molecule has 4 heteroatoms. The summed E-state index contributed by atoms with van der Waals surface area (Å²) in [6, 6.07) is 0. The molecule has 4 aliphatic carbocycles. The monoisotopic (exact) mass is 374 g/mol. The first-order valence-electron chi connectivity index (χ1n) is 10.8. The first kappa shape index (κ1) is 19.0. The predicted molar refractivity (Wildman–Crippen MR) is 103 cm³/mol. The van der Waals surface area contributed by atoms with Crippen LogP contribution in [0.2, 0.25) is 0 Å². The largest absolute Gasteiger partial charge is 0.462 e. The Bertz CT molecular complexity index is 667. The number of hydrogen-bond acceptors (Lipinski definition) is 4. The Hall–Kier alpha value is -1.32. The van der Waals surface area contributed by atoms with E-state index in [1.54, 1.807) is 0 Å². The Labute approximate surface area is 163 Å². The molecule has 0 saturated heterocycles. The van der Waals surface area contributed by atoms with Crippen LogP contribution in [0.5, 0.6) is 0 Å². The fraction of sp³-hybridized carbons (Fsp3) is 0.826. The first-order chi connectivity index (χ1) is 12.7. The highest BCUT2D eigenvalue weighted by Gasteiger charge is 2.59. The van der Waals surface area contributed by atoms with Crippen LogP contribution in [0.1, 0.15) is 79.1 Å². The van der Waals surface area contributed by atoms with Gasteiger partial charge in [0, 0.05) is 32.1 Å². The van der Waals surface area contributed by atoms with Gasteiger partial charge in [0.2, 0.25) is 0 Å². The third kappa shape index (κ3) is 3.03. The van der Waals surface area contributed by atoms with Crippen LogP contribution in [0, 0.1) is 28.6 Å². The van der Waals surface area contributed by atoms with Gasteiger partial charge >= 0.3 is 11.9 Å². The SMILES string of the molecule is CC(=O)O[C@@H]1CC2=CC[C@H]3[C@@H]4CCC[C@@]4(C)CC[C@@H]3[C@@]2(C)[C@H](OC(C)=O)C1. The van der Waals surface area contributed by atoms with Crippen molar-refractivity contribution in [3.05, 3.63) is 11.6 Å². The molecular weight excluding hydrogens is 340 g/mol. The van der Waals surface area contributed by atoms with Crippen LogP contribution >= 0.6 is 0 Å². The molecule has 0 unspecified atom stereocenters. The van der Waals surface area contributed by atoms with Crippen LogP contribution in [-0.4, -0.2) is 24.1 Å². The van der Waals surface area contributed by atoms with E-state index in [2.05, 4.69) is 19.9 Å². The van der Waals surface area contributed by atoms with Crippen LogP contribution in [0.15, 0.2) is 11.6 Å². The van der Waals surface area contributed by atoms with E-state index in [1.807, 2.05) is 0 Å². The minimum atomic E-state index is -0.251. The van der Waals surface area contributed by atoms with Gasteiger partial charge in [-0.2, -0.15) is 0 Å². The van der Waals surface area contributed by atoms with Crippen molar-refractivity contribution in [2.24, 2.45) is 28.6 Å². The molecule has 0 aromatic heterocycles. The van der Waals surface area contributed by atoms with Gasteiger partial charge in [0.25, 0.3) is 0 Å². The first-order valence-corrected chi connectivity index (χ1v) is 10.8. The van der Waals surface area contributed by atoms with Crippen LogP contribution in [0.3, 0.4) is 0 Å². The van der Waals surface area contributed by atoms with E-state index in [0.29, 0.717) is 23.7 Å². The van der Waals surface area contributed by atoms with Crippen LogP contribution in [-0.2, 0) is 19.1 Å². The van der Waals surface area contributed by atoms with Crippen molar-refractivity contribution in [3.8, 4) is 0 Å². The van der Waals surface area contributed by atoms with Crippen LogP contribution in [0.25, 0.3) is 0 Å². The van der Waals surface area contributed by atoms with Crippen molar-refractivity contribution in [1.82, 2.24) is 0 Å². The lowest BCUT2D eigenvalue weighted by molar-refractivity contribution is -0.171. The number of carbonyl (C=O) groups excluding carboxylic acids is 2. The third-order valence-corrected chi connectivity index (χ3v) is 8.55. The normalized spacial score (nSPS) is 45.8. The molecule has 150 valence electrons. The smallest absolute Gasteiger partial charge is 0.302 e. The molecule has 4 rings (SSSR count). The van der Waals surface area contributed by atoms with Gasteiger partial charge in [0.1, 0.15) is 12.2 Å². The fourth-order valence-corrected chi connectivity index (χ4v) is 7.35. The van der Waals surface area contributed by atoms with E-state index >= 15 is 0 Å². The van der Waals surface area contributed by atoms with Crippen molar-refractivity contribution >= 4 is 11.9 Å². The van der Waals surface area contributed by atoms with Gasteiger partial charge in [-0.3, -0.25) is 9.59 Å². The number of allylic oxidation sites excluding steroid dienone is 1. The average Bonchev–Trinajstić information content (AvgIpc) is 2.97. The highest BCUT2D eigenvalue weighted by atomic mass is 16.6. The standard InChI is InChI=1S/C23H34O4/c1-14(24)26-17-12-16-7-8-18-19-6-5-10-22(19,3)11-9-20(18)23(16,4)21(13-17)27-15(2)25/h7,17-21H,5-6,8-13H2,1-4H3/t17-,18+,19+,20+,21-,22+,23+/m1/s1. The van der Waals surface area contributed by atoms with E-state index in [-0.39, 0.29) is 29.6 Å². The lowest BCUT2D eigenvalue weighted by Gasteiger charge is -2.59. The maximum Gasteiger partial charge on any atom is 0.302 e. The Morgan fingerprint density at radius 3 is 2.48 bits per heavy atom. The van der Waals surface area contributed by atoms with Gasteiger partial charge in [0.15, 0.2) is 0 Å². The summed E-state index contributed by atoms with van der Waals surface area (Å²) in [6.45, 7) is 7.79. The summed E-state index contributed by atoms with van der Waals surface area (Å²) in [5.41, 5.74) is 1.75. The van der Waals surface area contributed by atoms with Gasteiger partial charge in [-0.15, -0.1) is 0 Å². The summed E-state index contributed by atoms with van der Waals surface area (Å²) in [4.78, 5) is 23.4. The number of hydrogen-bond donors (Lipinski definition) is 0. The predicted octanol–water partition coefficient (Wildman–Crippen LogP) is 4.81. The summed E-state index contributed by atoms with van der Waals surface area (Å²) in [7, 11) is 0. The molecule has 0 heterocycles. The molecule has 0 spiro atoms. The topological polar surface area (TPSA) is 52.6 Å². The summed E-state index contributed by atoms with van der Waals surface area (Å²) in [6.07, 6.45) is 11.2. The van der Waals surface area contributed by atoms with Crippen molar-refractivity contribution in [2.45, 2.75) is 91.3 Å². The number of carbonyl (C=O) groups is 2. The maximum atomic E-state index is 11.9. The molecule has 3 fully saturated rings. The quantitative estimate of drug-likeness (QED) is 0.514. The Balaban J connectivity index is 1.68. The minimum absolute atomic E-state index is 0.116. The van der Waals surface area contributed by atoms with Crippen molar-refractivity contribution in [1.29, 1.82) is 0 Å². The van der Waals surface area contributed by atoms with E-state index < -0.39 is 0 Å². The third-order valence-electron chi connectivity index (χ3n) is 8.55.